The third-order valence-corrected chi connectivity index (χ3v) is 3.49. The molecule has 1 aromatic carbocycles. The minimum atomic E-state index is 0.246. The molecule has 0 aromatic heterocycles. The van der Waals surface area contributed by atoms with Gasteiger partial charge in [0, 0.05) is 23.2 Å². The van der Waals surface area contributed by atoms with Crippen molar-refractivity contribution in [3.8, 4) is 6.07 Å². The van der Waals surface area contributed by atoms with Gasteiger partial charge >= 0.3 is 0 Å². The van der Waals surface area contributed by atoms with Crippen molar-refractivity contribution in [1.29, 1.82) is 5.26 Å². The van der Waals surface area contributed by atoms with Crippen LogP contribution in [0.5, 0.6) is 0 Å². The lowest BCUT2D eigenvalue weighted by Crippen LogP contribution is -2.28. The van der Waals surface area contributed by atoms with E-state index >= 15 is 0 Å². The van der Waals surface area contributed by atoms with Crippen LogP contribution in [0.25, 0.3) is 0 Å². The summed E-state index contributed by atoms with van der Waals surface area (Å²) in [7, 11) is 2.02. The van der Waals surface area contributed by atoms with Crippen LogP contribution in [0, 0.1) is 18.3 Å². The molecular formula is C12H15BrN2. The summed E-state index contributed by atoms with van der Waals surface area (Å²) < 4.78 is 1.12. The zero-order valence-corrected chi connectivity index (χ0v) is 10.9. The zero-order chi connectivity index (χ0) is 11.4. The lowest BCUT2D eigenvalue weighted by Gasteiger charge is -2.25. The monoisotopic (exact) mass is 266 g/mol. The number of rotatable bonds is 3. The number of anilines is 1. The molecule has 0 saturated carbocycles. The molecule has 0 amide bonds. The van der Waals surface area contributed by atoms with Gasteiger partial charge in [-0.2, -0.15) is 5.26 Å². The third-order valence-electron chi connectivity index (χ3n) is 2.60. The van der Waals surface area contributed by atoms with Gasteiger partial charge in [0.25, 0.3) is 0 Å². The number of benzene rings is 1. The van der Waals surface area contributed by atoms with Gasteiger partial charge in [0.2, 0.25) is 0 Å². The Morgan fingerprint density at radius 3 is 2.73 bits per heavy atom. The summed E-state index contributed by atoms with van der Waals surface area (Å²) in [4.78, 5) is 2.13. The standard InChI is InChI=1S/C12H15BrN2/c1-9-8-11(4-5-12(9)13)15(3)10(2)6-7-14/h4-5,8,10H,6H2,1-3H3. The summed E-state index contributed by atoms with van der Waals surface area (Å²) >= 11 is 3.48. The quantitative estimate of drug-likeness (QED) is 0.838. The van der Waals surface area contributed by atoms with E-state index in [0.717, 1.165) is 10.2 Å². The molecular weight excluding hydrogens is 252 g/mol. The number of hydrogen-bond donors (Lipinski definition) is 0. The largest absolute Gasteiger partial charge is 0.371 e. The normalized spacial score (nSPS) is 11.9. The second kappa shape index (κ2) is 5.18. The molecule has 0 spiro atoms. The van der Waals surface area contributed by atoms with Crippen LogP contribution in [-0.4, -0.2) is 13.1 Å². The zero-order valence-electron chi connectivity index (χ0n) is 9.29. The fourth-order valence-corrected chi connectivity index (χ4v) is 1.62. The minimum absolute atomic E-state index is 0.246. The van der Waals surface area contributed by atoms with Crippen molar-refractivity contribution in [2.75, 3.05) is 11.9 Å². The van der Waals surface area contributed by atoms with Gasteiger partial charge in [-0.25, -0.2) is 0 Å². The summed E-state index contributed by atoms with van der Waals surface area (Å²) in [6.07, 6.45) is 0.547. The third kappa shape index (κ3) is 2.97. The van der Waals surface area contributed by atoms with Crippen LogP contribution in [0.2, 0.25) is 0 Å². The van der Waals surface area contributed by atoms with Crippen molar-refractivity contribution in [3.05, 3.63) is 28.2 Å². The van der Waals surface area contributed by atoms with E-state index in [-0.39, 0.29) is 6.04 Å². The van der Waals surface area contributed by atoms with E-state index in [9.17, 15) is 0 Å². The second-order valence-electron chi connectivity index (χ2n) is 3.76. The lowest BCUT2D eigenvalue weighted by atomic mass is 10.1. The van der Waals surface area contributed by atoms with Crippen molar-refractivity contribution in [1.82, 2.24) is 0 Å². The van der Waals surface area contributed by atoms with Gasteiger partial charge in [-0.15, -0.1) is 0 Å². The summed E-state index contributed by atoms with van der Waals surface area (Å²) in [5, 5.41) is 8.65. The molecule has 2 nitrogen and oxygen atoms in total. The summed E-state index contributed by atoms with van der Waals surface area (Å²) in [6.45, 7) is 4.12. The Hall–Kier alpha value is -1.01. The van der Waals surface area contributed by atoms with Crippen LogP contribution < -0.4 is 4.90 Å². The SMILES string of the molecule is Cc1cc(N(C)C(C)CC#N)ccc1Br. The van der Waals surface area contributed by atoms with Gasteiger partial charge in [-0.05, 0) is 37.6 Å². The Morgan fingerprint density at radius 2 is 2.20 bits per heavy atom. The second-order valence-corrected chi connectivity index (χ2v) is 4.61. The van der Waals surface area contributed by atoms with E-state index < -0.39 is 0 Å². The van der Waals surface area contributed by atoms with Crippen molar-refractivity contribution in [2.45, 2.75) is 26.3 Å². The number of hydrogen-bond acceptors (Lipinski definition) is 2. The fourth-order valence-electron chi connectivity index (χ4n) is 1.37. The Bertz CT molecular complexity index is 382. The molecule has 15 heavy (non-hydrogen) atoms. The molecule has 1 rings (SSSR count). The molecule has 0 radical (unpaired) electrons. The molecule has 0 aliphatic carbocycles. The van der Waals surface area contributed by atoms with Crippen LogP contribution in [0.15, 0.2) is 22.7 Å². The highest BCUT2D eigenvalue weighted by Gasteiger charge is 2.09. The van der Waals surface area contributed by atoms with E-state index in [1.165, 1.54) is 5.56 Å². The fraction of sp³-hybridized carbons (Fsp3) is 0.417. The van der Waals surface area contributed by atoms with E-state index in [1.807, 2.05) is 13.1 Å². The molecule has 3 heteroatoms. The maximum atomic E-state index is 8.65. The minimum Gasteiger partial charge on any atom is -0.371 e. The van der Waals surface area contributed by atoms with Gasteiger partial charge in [-0.3, -0.25) is 0 Å². The first-order valence-corrected chi connectivity index (χ1v) is 5.71. The Balaban J connectivity index is 2.87. The summed E-state index contributed by atoms with van der Waals surface area (Å²) in [5.41, 5.74) is 2.36. The Kier molecular flexibility index (Phi) is 4.16. The molecule has 0 N–H and O–H groups in total. The van der Waals surface area contributed by atoms with Crippen LogP contribution in [0.3, 0.4) is 0 Å². The molecule has 0 fully saturated rings. The van der Waals surface area contributed by atoms with Crippen LogP contribution in [-0.2, 0) is 0 Å². The predicted octanol–water partition coefficient (Wildman–Crippen LogP) is 3.50. The van der Waals surface area contributed by atoms with Crippen molar-refractivity contribution < 1.29 is 0 Å². The summed E-state index contributed by atoms with van der Waals surface area (Å²) in [6, 6.07) is 8.66. The van der Waals surface area contributed by atoms with Gasteiger partial charge in [0.15, 0.2) is 0 Å². The van der Waals surface area contributed by atoms with E-state index in [1.54, 1.807) is 0 Å². The topological polar surface area (TPSA) is 27.0 Å². The van der Waals surface area contributed by atoms with Crippen LogP contribution in [0.4, 0.5) is 5.69 Å². The molecule has 0 aliphatic rings. The lowest BCUT2D eigenvalue weighted by molar-refractivity contribution is 0.702. The first-order chi connectivity index (χ1) is 7.06. The maximum Gasteiger partial charge on any atom is 0.0643 e. The van der Waals surface area contributed by atoms with Crippen LogP contribution in [0.1, 0.15) is 18.9 Å². The van der Waals surface area contributed by atoms with Gasteiger partial charge in [-0.1, -0.05) is 15.9 Å². The number of nitrogens with zero attached hydrogens (tertiary/aromatic N) is 2. The van der Waals surface area contributed by atoms with Crippen molar-refractivity contribution in [2.24, 2.45) is 0 Å². The smallest absolute Gasteiger partial charge is 0.0643 e. The predicted molar refractivity (Wildman–Crippen MR) is 67.0 cm³/mol. The van der Waals surface area contributed by atoms with E-state index in [2.05, 4.69) is 52.9 Å². The first kappa shape index (κ1) is 12.1. The highest BCUT2D eigenvalue weighted by molar-refractivity contribution is 9.10. The van der Waals surface area contributed by atoms with Crippen molar-refractivity contribution in [3.63, 3.8) is 0 Å². The Morgan fingerprint density at radius 1 is 1.53 bits per heavy atom. The molecule has 1 atom stereocenters. The average Bonchev–Trinajstić information content (AvgIpc) is 2.21. The number of aryl methyl sites for hydroxylation is 1. The Labute approximate surface area is 99.6 Å². The maximum absolute atomic E-state index is 8.65. The van der Waals surface area contributed by atoms with E-state index in [0.29, 0.717) is 6.42 Å². The van der Waals surface area contributed by atoms with Gasteiger partial charge < -0.3 is 4.90 Å². The molecule has 80 valence electrons. The molecule has 0 heterocycles. The van der Waals surface area contributed by atoms with Gasteiger partial charge in [0.1, 0.15) is 0 Å². The van der Waals surface area contributed by atoms with E-state index in [4.69, 9.17) is 5.26 Å². The molecule has 1 aromatic rings. The molecule has 1 unspecified atom stereocenters. The van der Waals surface area contributed by atoms with Gasteiger partial charge in [0.05, 0.1) is 12.5 Å². The molecule has 0 saturated heterocycles. The number of halogens is 1. The molecule has 0 aliphatic heterocycles. The summed E-state index contributed by atoms with van der Waals surface area (Å²) in [5.74, 6) is 0. The number of nitriles is 1. The molecule has 0 bridgehead atoms. The average molecular weight is 267 g/mol. The highest BCUT2D eigenvalue weighted by Crippen LogP contribution is 2.23. The highest BCUT2D eigenvalue weighted by atomic mass is 79.9. The van der Waals surface area contributed by atoms with Crippen molar-refractivity contribution >= 4 is 21.6 Å². The van der Waals surface area contributed by atoms with Crippen LogP contribution >= 0.6 is 15.9 Å². The first-order valence-electron chi connectivity index (χ1n) is 4.92.